The van der Waals surface area contributed by atoms with Gasteiger partial charge < -0.3 is 9.72 Å². The molecule has 0 aliphatic heterocycles. The highest BCUT2D eigenvalue weighted by Crippen LogP contribution is 2.29. The van der Waals surface area contributed by atoms with Crippen molar-refractivity contribution in [2.45, 2.75) is 13.8 Å². The number of para-hydroxylation sites is 1. The highest BCUT2D eigenvalue weighted by atomic mass is 16.5. The Kier molecular flexibility index (Phi) is 4.48. The minimum atomic E-state index is -0.561. The van der Waals surface area contributed by atoms with Crippen LogP contribution in [0.15, 0.2) is 42.5 Å². The predicted octanol–water partition coefficient (Wildman–Crippen LogP) is 3.38. The Morgan fingerprint density at radius 1 is 1.29 bits per heavy atom. The lowest BCUT2D eigenvalue weighted by atomic mass is 10.2. The van der Waals surface area contributed by atoms with Crippen molar-refractivity contribution in [2.75, 3.05) is 6.61 Å². The molecule has 0 saturated heterocycles. The molecule has 2 aromatic carbocycles. The molecule has 0 bridgehead atoms. The first kappa shape index (κ1) is 16.0. The van der Waals surface area contributed by atoms with Crippen molar-refractivity contribution in [1.82, 2.24) is 15.4 Å². The summed E-state index contributed by atoms with van der Waals surface area (Å²) in [5.74, 6) is 1.30. The number of carbonyl (C=O) groups is 1. The Bertz CT molecular complexity index is 871. The minimum Gasteiger partial charge on any atom is -0.493 e. The number of hydrogen-bond donors (Lipinski definition) is 3. The van der Waals surface area contributed by atoms with Crippen molar-refractivity contribution < 1.29 is 14.7 Å². The zero-order chi connectivity index (χ0) is 17.1. The van der Waals surface area contributed by atoms with Gasteiger partial charge >= 0.3 is 0 Å². The summed E-state index contributed by atoms with van der Waals surface area (Å²) < 4.78 is 5.87. The van der Waals surface area contributed by atoms with Gasteiger partial charge in [-0.15, -0.1) is 0 Å². The Morgan fingerprint density at radius 3 is 2.83 bits per heavy atom. The average Bonchev–Trinajstić information content (AvgIpc) is 3.02. The van der Waals surface area contributed by atoms with E-state index in [1.54, 1.807) is 23.7 Å². The third-order valence-electron chi connectivity index (χ3n) is 3.56. The van der Waals surface area contributed by atoms with Crippen LogP contribution in [0.3, 0.4) is 0 Å². The Morgan fingerprint density at radius 2 is 2.08 bits per heavy atom. The molecule has 3 N–H and O–H groups in total. The first-order valence-corrected chi connectivity index (χ1v) is 7.75. The molecule has 0 saturated carbocycles. The fourth-order valence-corrected chi connectivity index (χ4v) is 2.39. The molecule has 24 heavy (non-hydrogen) atoms. The summed E-state index contributed by atoms with van der Waals surface area (Å²) in [6, 6.07) is 12.7. The third-order valence-corrected chi connectivity index (χ3v) is 3.56. The largest absolute Gasteiger partial charge is 0.493 e. The van der Waals surface area contributed by atoms with Gasteiger partial charge in [0.1, 0.15) is 11.6 Å². The summed E-state index contributed by atoms with van der Waals surface area (Å²) >= 11 is 0. The van der Waals surface area contributed by atoms with Gasteiger partial charge in [0.05, 0.1) is 23.2 Å². The average molecular weight is 325 g/mol. The van der Waals surface area contributed by atoms with Gasteiger partial charge in [0.15, 0.2) is 0 Å². The molecule has 0 radical (unpaired) electrons. The maximum atomic E-state index is 11.5. The van der Waals surface area contributed by atoms with Crippen LogP contribution in [0.1, 0.15) is 24.2 Å². The van der Waals surface area contributed by atoms with E-state index >= 15 is 0 Å². The number of ether oxygens (including phenoxy) is 1. The van der Waals surface area contributed by atoms with E-state index in [2.05, 4.69) is 23.8 Å². The van der Waals surface area contributed by atoms with Gasteiger partial charge in [0.25, 0.3) is 5.91 Å². The lowest BCUT2D eigenvalue weighted by Crippen LogP contribution is -2.18. The first-order chi connectivity index (χ1) is 11.6. The van der Waals surface area contributed by atoms with Crippen LogP contribution in [0.25, 0.3) is 22.4 Å². The number of imidazole rings is 1. The van der Waals surface area contributed by atoms with Crippen LogP contribution in [-0.4, -0.2) is 27.7 Å². The van der Waals surface area contributed by atoms with E-state index in [-0.39, 0.29) is 0 Å². The van der Waals surface area contributed by atoms with E-state index in [4.69, 9.17) is 9.94 Å². The number of fused-ring (bicyclic) bond motifs is 1. The summed E-state index contributed by atoms with van der Waals surface area (Å²) in [5.41, 5.74) is 4.29. The summed E-state index contributed by atoms with van der Waals surface area (Å²) in [7, 11) is 0. The summed E-state index contributed by atoms with van der Waals surface area (Å²) in [6.45, 7) is 4.81. The number of aromatic amines is 1. The number of carbonyl (C=O) groups excluding carboxylic acids is 1. The van der Waals surface area contributed by atoms with Crippen LogP contribution >= 0.6 is 0 Å². The number of aromatic nitrogens is 2. The van der Waals surface area contributed by atoms with Gasteiger partial charge in [-0.3, -0.25) is 10.0 Å². The minimum absolute atomic E-state index is 0.351. The van der Waals surface area contributed by atoms with Crippen LogP contribution in [0, 0.1) is 5.92 Å². The molecule has 6 nitrogen and oxygen atoms in total. The molecule has 1 heterocycles. The number of nitrogens with one attached hydrogen (secondary N) is 2. The van der Waals surface area contributed by atoms with Crippen LogP contribution in [0.5, 0.6) is 5.75 Å². The zero-order valence-electron chi connectivity index (χ0n) is 13.5. The SMILES string of the molecule is CC(C)COc1ccccc1-c1nc2ccc(C(=O)NO)cc2[nH]1. The van der Waals surface area contributed by atoms with Gasteiger partial charge in [-0.2, -0.15) is 0 Å². The fourth-order valence-electron chi connectivity index (χ4n) is 2.39. The molecule has 124 valence electrons. The molecule has 1 aromatic heterocycles. The lowest BCUT2D eigenvalue weighted by molar-refractivity contribution is 0.0706. The molecule has 0 fully saturated rings. The van der Waals surface area contributed by atoms with E-state index in [0.717, 1.165) is 16.8 Å². The number of benzene rings is 2. The van der Waals surface area contributed by atoms with E-state index in [9.17, 15) is 4.79 Å². The second kappa shape index (κ2) is 6.72. The van der Waals surface area contributed by atoms with Crippen molar-refractivity contribution in [3.63, 3.8) is 0 Å². The number of H-pyrrole nitrogens is 1. The molecule has 1 amide bonds. The fraction of sp³-hybridized carbons (Fsp3) is 0.222. The summed E-state index contributed by atoms with van der Waals surface area (Å²) in [6.07, 6.45) is 0. The molecule has 6 heteroatoms. The van der Waals surface area contributed by atoms with E-state index in [1.165, 1.54) is 0 Å². The molecular formula is C18H19N3O3. The number of hydroxylamine groups is 1. The van der Waals surface area contributed by atoms with Gasteiger partial charge in [0.2, 0.25) is 0 Å². The molecule has 0 spiro atoms. The molecule has 0 atom stereocenters. The van der Waals surface area contributed by atoms with Crippen LogP contribution in [-0.2, 0) is 0 Å². The maximum absolute atomic E-state index is 11.5. The van der Waals surface area contributed by atoms with Gasteiger partial charge in [-0.1, -0.05) is 26.0 Å². The molecule has 0 aliphatic carbocycles. The standard InChI is InChI=1S/C18H19N3O3/c1-11(2)10-24-16-6-4-3-5-13(16)17-19-14-8-7-12(18(22)21-23)9-15(14)20-17/h3-9,11,23H,10H2,1-2H3,(H,19,20)(H,21,22). The topological polar surface area (TPSA) is 87.2 Å². The van der Waals surface area contributed by atoms with E-state index < -0.39 is 5.91 Å². The van der Waals surface area contributed by atoms with E-state index in [0.29, 0.717) is 29.4 Å². The lowest BCUT2D eigenvalue weighted by Gasteiger charge is -2.11. The third kappa shape index (κ3) is 3.23. The van der Waals surface area contributed by atoms with Crippen LogP contribution < -0.4 is 10.2 Å². The normalized spacial score (nSPS) is 11.0. The van der Waals surface area contributed by atoms with Crippen LogP contribution in [0.2, 0.25) is 0 Å². The molecule has 3 rings (SSSR count). The maximum Gasteiger partial charge on any atom is 0.274 e. The first-order valence-electron chi connectivity index (χ1n) is 7.75. The predicted molar refractivity (Wildman–Crippen MR) is 91.1 cm³/mol. The summed E-state index contributed by atoms with van der Waals surface area (Å²) in [4.78, 5) is 19.3. The number of amides is 1. The van der Waals surface area contributed by atoms with Crippen LogP contribution in [0.4, 0.5) is 0 Å². The van der Waals surface area contributed by atoms with Gasteiger partial charge in [-0.05, 0) is 36.2 Å². The molecule has 0 aliphatic rings. The highest BCUT2D eigenvalue weighted by Gasteiger charge is 2.13. The number of nitrogens with zero attached hydrogens (tertiary/aromatic N) is 1. The number of hydrogen-bond acceptors (Lipinski definition) is 4. The van der Waals surface area contributed by atoms with Gasteiger partial charge in [-0.25, -0.2) is 10.5 Å². The Labute approximate surface area is 139 Å². The van der Waals surface area contributed by atoms with Gasteiger partial charge in [0, 0.05) is 5.56 Å². The highest BCUT2D eigenvalue weighted by molar-refractivity contribution is 5.97. The van der Waals surface area contributed by atoms with E-state index in [1.807, 2.05) is 24.3 Å². The zero-order valence-corrected chi connectivity index (χ0v) is 13.5. The van der Waals surface area contributed by atoms with Crippen molar-refractivity contribution >= 4 is 16.9 Å². The van der Waals surface area contributed by atoms with Crippen molar-refractivity contribution in [3.8, 4) is 17.1 Å². The van der Waals surface area contributed by atoms with Crippen molar-refractivity contribution in [2.24, 2.45) is 5.92 Å². The Balaban J connectivity index is 1.99. The number of rotatable bonds is 5. The Hall–Kier alpha value is -2.86. The quantitative estimate of drug-likeness (QED) is 0.496. The monoisotopic (exact) mass is 325 g/mol. The van der Waals surface area contributed by atoms with Crippen molar-refractivity contribution in [1.29, 1.82) is 0 Å². The molecule has 0 unspecified atom stereocenters. The second-order valence-corrected chi connectivity index (χ2v) is 5.96. The smallest absolute Gasteiger partial charge is 0.274 e. The second-order valence-electron chi connectivity index (χ2n) is 5.96. The molecule has 3 aromatic rings. The van der Waals surface area contributed by atoms with Crippen molar-refractivity contribution in [3.05, 3.63) is 48.0 Å². The summed E-state index contributed by atoms with van der Waals surface area (Å²) in [5, 5.41) is 8.74. The molecular weight excluding hydrogens is 306 g/mol.